The molecule has 0 saturated carbocycles. The van der Waals surface area contributed by atoms with Gasteiger partial charge in [-0.05, 0) is 26.1 Å². The molecule has 0 aliphatic heterocycles. The molecule has 2 aromatic rings. The number of ether oxygens (including phenoxy) is 1. The van der Waals surface area contributed by atoms with E-state index < -0.39 is 0 Å². The summed E-state index contributed by atoms with van der Waals surface area (Å²) < 4.78 is 5.60. The van der Waals surface area contributed by atoms with Gasteiger partial charge >= 0.3 is 0 Å². The molecule has 0 radical (unpaired) electrons. The van der Waals surface area contributed by atoms with E-state index in [1.54, 1.807) is 24.7 Å². The summed E-state index contributed by atoms with van der Waals surface area (Å²) in [5, 5.41) is 3.67. The predicted octanol–water partition coefficient (Wildman–Crippen LogP) is 3.20. The Kier molecular flexibility index (Phi) is 4.12. The number of halogens is 1. The van der Waals surface area contributed by atoms with Gasteiger partial charge in [0.1, 0.15) is 11.5 Å². The van der Waals surface area contributed by atoms with Gasteiger partial charge in [-0.25, -0.2) is 0 Å². The Morgan fingerprint density at radius 2 is 2.06 bits per heavy atom. The second-order valence-corrected chi connectivity index (χ2v) is 4.31. The third-order valence-electron chi connectivity index (χ3n) is 2.55. The van der Waals surface area contributed by atoms with Gasteiger partial charge in [0.05, 0.1) is 23.1 Å². The highest BCUT2D eigenvalue weighted by Gasteiger charge is 2.04. The average molecular weight is 264 g/mol. The number of pyridine rings is 2. The first-order valence-electron chi connectivity index (χ1n) is 5.60. The standard InChI is InChI=1S/C13H14ClN3O/c1-9(15-2)13-4-3-11(8-17-13)18-12-5-10(14)6-16-7-12/h3-9,15H,1-2H3. The summed E-state index contributed by atoms with van der Waals surface area (Å²) in [4.78, 5) is 8.28. The maximum Gasteiger partial charge on any atom is 0.147 e. The lowest BCUT2D eigenvalue weighted by Crippen LogP contribution is -2.13. The third kappa shape index (κ3) is 3.18. The Morgan fingerprint density at radius 3 is 2.67 bits per heavy atom. The summed E-state index contributed by atoms with van der Waals surface area (Å²) in [5.74, 6) is 1.25. The van der Waals surface area contributed by atoms with Gasteiger partial charge in [-0.15, -0.1) is 0 Å². The van der Waals surface area contributed by atoms with Crippen LogP contribution in [-0.4, -0.2) is 17.0 Å². The van der Waals surface area contributed by atoms with Crippen LogP contribution in [0.5, 0.6) is 11.5 Å². The quantitative estimate of drug-likeness (QED) is 0.920. The zero-order chi connectivity index (χ0) is 13.0. The zero-order valence-corrected chi connectivity index (χ0v) is 11.0. The van der Waals surface area contributed by atoms with E-state index in [-0.39, 0.29) is 6.04 Å². The number of nitrogens with zero attached hydrogens (tertiary/aromatic N) is 2. The van der Waals surface area contributed by atoms with Crippen molar-refractivity contribution in [2.45, 2.75) is 13.0 Å². The largest absolute Gasteiger partial charge is 0.454 e. The molecule has 0 saturated heterocycles. The molecule has 0 amide bonds. The molecule has 0 aliphatic rings. The predicted molar refractivity (Wildman–Crippen MR) is 71.0 cm³/mol. The highest BCUT2D eigenvalue weighted by atomic mass is 35.5. The summed E-state index contributed by atoms with van der Waals surface area (Å²) in [6.45, 7) is 2.05. The molecule has 94 valence electrons. The van der Waals surface area contributed by atoms with Crippen molar-refractivity contribution in [1.82, 2.24) is 15.3 Å². The van der Waals surface area contributed by atoms with Crippen LogP contribution in [0.15, 0.2) is 36.8 Å². The van der Waals surface area contributed by atoms with Crippen LogP contribution in [0, 0.1) is 0 Å². The second-order valence-electron chi connectivity index (χ2n) is 3.87. The van der Waals surface area contributed by atoms with Crippen LogP contribution in [0.2, 0.25) is 5.02 Å². The number of rotatable bonds is 4. The van der Waals surface area contributed by atoms with E-state index in [4.69, 9.17) is 16.3 Å². The molecule has 5 heteroatoms. The molecule has 1 N–H and O–H groups in total. The monoisotopic (exact) mass is 263 g/mol. The molecule has 0 fully saturated rings. The maximum absolute atomic E-state index is 5.83. The minimum atomic E-state index is 0.215. The molecule has 0 bridgehead atoms. The summed E-state index contributed by atoms with van der Waals surface area (Å²) in [5.41, 5.74) is 0.967. The van der Waals surface area contributed by atoms with Gasteiger partial charge in [-0.2, -0.15) is 0 Å². The van der Waals surface area contributed by atoms with Crippen molar-refractivity contribution in [3.05, 3.63) is 47.5 Å². The molecule has 1 unspecified atom stereocenters. The van der Waals surface area contributed by atoms with Gasteiger partial charge in [-0.3, -0.25) is 9.97 Å². The van der Waals surface area contributed by atoms with Crippen molar-refractivity contribution in [1.29, 1.82) is 0 Å². The number of hydrogen-bond donors (Lipinski definition) is 1. The van der Waals surface area contributed by atoms with Gasteiger partial charge in [-0.1, -0.05) is 11.6 Å². The van der Waals surface area contributed by atoms with Crippen LogP contribution < -0.4 is 10.1 Å². The molecule has 1 atom stereocenters. The average Bonchev–Trinajstić information content (AvgIpc) is 2.39. The van der Waals surface area contributed by atoms with Crippen LogP contribution >= 0.6 is 11.6 Å². The summed E-state index contributed by atoms with van der Waals surface area (Å²) in [6, 6.07) is 5.72. The lowest BCUT2D eigenvalue weighted by atomic mass is 10.2. The zero-order valence-electron chi connectivity index (χ0n) is 10.2. The van der Waals surface area contributed by atoms with Crippen molar-refractivity contribution in [3.8, 4) is 11.5 Å². The van der Waals surface area contributed by atoms with Crippen molar-refractivity contribution in [2.75, 3.05) is 7.05 Å². The molecule has 0 spiro atoms. The third-order valence-corrected chi connectivity index (χ3v) is 2.76. The normalized spacial score (nSPS) is 12.2. The first kappa shape index (κ1) is 12.8. The van der Waals surface area contributed by atoms with Crippen LogP contribution in [0.1, 0.15) is 18.7 Å². The van der Waals surface area contributed by atoms with E-state index >= 15 is 0 Å². The van der Waals surface area contributed by atoms with Crippen molar-refractivity contribution < 1.29 is 4.74 Å². The SMILES string of the molecule is CNC(C)c1ccc(Oc2cncc(Cl)c2)cn1. The Hall–Kier alpha value is -1.65. The molecule has 0 aromatic carbocycles. The fourth-order valence-corrected chi connectivity index (χ4v) is 1.60. The van der Waals surface area contributed by atoms with Crippen molar-refractivity contribution in [2.24, 2.45) is 0 Å². The molecule has 2 rings (SSSR count). The fraction of sp³-hybridized carbons (Fsp3) is 0.231. The summed E-state index contributed by atoms with van der Waals surface area (Å²) in [7, 11) is 1.90. The Labute approximate surface area is 111 Å². The molecular weight excluding hydrogens is 250 g/mol. The van der Waals surface area contributed by atoms with E-state index in [2.05, 4.69) is 15.3 Å². The molecule has 2 aromatic heterocycles. The van der Waals surface area contributed by atoms with Gasteiger partial charge in [0, 0.05) is 18.3 Å². The minimum absolute atomic E-state index is 0.215. The number of hydrogen-bond acceptors (Lipinski definition) is 4. The number of nitrogens with one attached hydrogen (secondary N) is 1. The first-order valence-corrected chi connectivity index (χ1v) is 5.98. The maximum atomic E-state index is 5.83. The molecule has 18 heavy (non-hydrogen) atoms. The van der Waals surface area contributed by atoms with E-state index in [0.717, 1.165) is 5.69 Å². The lowest BCUT2D eigenvalue weighted by molar-refractivity contribution is 0.476. The number of aromatic nitrogens is 2. The lowest BCUT2D eigenvalue weighted by Gasteiger charge is -2.10. The van der Waals surface area contributed by atoms with Crippen LogP contribution in [0.3, 0.4) is 0 Å². The van der Waals surface area contributed by atoms with Gasteiger partial charge < -0.3 is 10.1 Å². The molecule has 0 aliphatic carbocycles. The fourth-order valence-electron chi connectivity index (χ4n) is 1.44. The van der Waals surface area contributed by atoms with E-state index in [0.29, 0.717) is 16.5 Å². The Morgan fingerprint density at radius 1 is 1.22 bits per heavy atom. The van der Waals surface area contributed by atoms with E-state index in [9.17, 15) is 0 Å². The highest BCUT2D eigenvalue weighted by molar-refractivity contribution is 6.30. The molecule has 4 nitrogen and oxygen atoms in total. The van der Waals surface area contributed by atoms with Gasteiger partial charge in [0.15, 0.2) is 0 Å². The topological polar surface area (TPSA) is 47.0 Å². The summed E-state index contributed by atoms with van der Waals surface area (Å²) >= 11 is 5.83. The minimum Gasteiger partial charge on any atom is -0.454 e. The first-order chi connectivity index (χ1) is 8.69. The highest BCUT2D eigenvalue weighted by Crippen LogP contribution is 2.23. The van der Waals surface area contributed by atoms with Gasteiger partial charge in [0.2, 0.25) is 0 Å². The van der Waals surface area contributed by atoms with Gasteiger partial charge in [0.25, 0.3) is 0 Å². The van der Waals surface area contributed by atoms with Crippen LogP contribution in [-0.2, 0) is 0 Å². The Balaban J connectivity index is 2.11. The smallest absolute Gasteiger partial charge is 0.147 e. The van der Waals surface area contributed by atoms with Crippen LogP contribution in [0.4, 0.5) is 0 Å². The van der Waals surface area contributed by atoms with Crippen LogP contribution in [0.25, 0.3) is 0 Å². The van der Waals surface area contributed by atoms with E-state index in [1.165, 1.54) is 0 Å². The van der Waals surface area contributed by atoms with Crippen molar-refractivity contribution >= 4 is 11.6 Å². The summed E-state index contributed by atoms with van der Waals surface area (Å²) in [6.07, 6.45) is 4.85. The Bertz CT molecular complexity index is 516. The second kappa shape index (κ2) is 5.80. The molecular formula is C13H14ClN3O. The van der Waals surface area contributed by atoms with E-state index in [1.807, 2.05) is 26.1 Å². The van der Waals surface area contributed by atoms with Crippen molar-refractivity contribution in [3.63, 3.8) is 0 Å². The molecule has 2 heterocycles.